The van der Waals surface area contributed by atoms with Crippen LogP contribution in [-0.2, 0) is 39.0 Å². The van der Waals surface area contributed by atoms with Crippen molar-refractivity contribution in [1.82, 2.24) is 29.9 Å². The Morgan fingerprint density at radius 1 is 0.628 bits per heavy atom. The minimum absolute atomic E-state index is 0. The fourth-order valence-electron chi connectivity index (χ4n) is 6.36. The number of aromatic nitrogens is 6. The first-order valence-corrected chi connectivity index (χ1v) is 28.9. The van der Waals surface area contributed by atoms with Gasteiger partial charge >= 0.3 is 35.6 Å². The number of nitrogens with two attached hydrogens (primary N) is 2. The van der Waals surface area contributed by atoms with Crippen LogP contribution < -0.4 is 56.4 Å². The van der Waals surface area contributed by atoms with E-state index in [1.165, 1.54) is 62.4 Å². The van der Waals surface area contributed by atoms with Crippen LogP contribution in [0.1, 0.15) is 28.2 Å². The number of rotatable bonds is 33. The van der Waals surface area contributed by atoms with E-state index in [9.17, 15) is 75.8 Å². The smallest absolute Gasteiger partial charge is 0.726 e. The number of sulfone groups is 2. The number of hydrogen-bond donors (Lipinski definition) is 21. The van der Waals surface area contributed by atoms with Gasteiger partial charge in [0.05, 0.1) is 53.3 Å². The van der Waals surface area contributed by atoms with Crippen LogP contribution in [0.25, 0.3) is 0 Å². The molecule has 37 nitrogen and oxygen atoms in total. The van der Waals surface area contributed by atoms with Gasteiger partial charge in [0.15, 0.2) is 35.1 Å². The van der Waals surface area contributed by atoms with Crippen molar-refractivity contribution in [3.63, 3.8) is 0 Å². The third kappa shape index (κ3) is 26.5. The summed E-state index contributed by atoms with van der Waals surface area (Å²) in [6, 6.07) is 10.0. The van der Waals surface area contributed by atoms with E-state index in [2.05, 4.69) is 44.7 Å². The van der Waals surface area contributed by atoms with E-state index in [0.29, 0.717) is 0 Å². The molecule has 2 aromatic heterocycles. The van der Waals surface area contributed by atoms with Gasteiger partial charge in [-0.15, -0.1) is 0 Å². The molecule has 0 fully saturated rings. The first kappa shape index (κ1) is 77.9. The van der Waals surface area contributed by atoms with E-state index in [1.54, 1.807) is 0 Å². The fourth-order valence-corrected chi connectivity index (χ4v) is 9.19. The van der Waals surface area contributed by atoms with Gasteiger partial charge in [-0.05, 0) is 54.9 Å². The van der Waals surface area contributed by atoms with E-state index >= 15 is 0 Å². The van der Waals surface area contributed by atoms with Crippen molar-refractivity contribution in [3.8, 4) is 6.01 Å². The standard InChI is InChI=1S/C26H43N5O14S.C11H12ClN5O6S2.C6H14O7.CH4.Na/c1-12(10-32)16(34)17(35)18(36)21(39)45-25-30-23(27)29-24(31-25)28-14-5-4-6-15(9-14)46(42,43)8-7-44-22(40)20(38)26(3,41)19(37)13(2)11-33;12-9-15-10(13)17-11(16-9)14-7-2-1-3-8(6-7)24(18,19)5-4-23-25(20,21)22;7-1-2(8)3(9)4(10)5(11)6(12)13;;/h4-6,9,12-13,16-22,32-41H,7-8,10-11H2,1-3H3,(H3,27,28,29,30,31);1-3,6H,4-5H2,(H,20,21,22)(H3,13,14,15,16,17);2-13H,1H2;1H4;/q;;;;+1/p-1/t12?,13?,16-,17-,18?,19+,20+,21?,22?,26?;;2?,3-,4-,5?;;/m1.0../s1/i/hD2. The molecular formula is C44H72ClN10NaO27S3. The van der Waals surface area contributed by atoms with Gasteiger partial charge in [0, 0.05) is 36.4 Å². The molecule has 0 radical (unpaired) electrons. The summed E-state index contributed by atoms with van der Waals surface area (Å²) in [7, 11) is -13.0. The minimum Gasteiger partial charge on any atom is -0.726 e. The molecule has 0 amide bonds. The van der Waals surface area contributed by atoms with Crippen molar-refractivity contribution >= 4 is 76.8 Å². The molecule has 0 aliphatic rings. The summed E-state index contributed by atoms with van der Waals surface area (Å²) in [5.74, 6) is -3.99. The molecule has 2 heterocycles. The first-order chi connectivity index (χ1) is 39.9. The zero-order valence-corrected chi connectivity index (χ0v) is 50.3. The van der Waals surface area contributed by atoms with Gasteiger partial charge in [0.25, 0.3) is 0 Å². The van der Waals surface area contributed by atoms with E-state index in [-0.39, 0.29) is 81.3 Å². The zero-order chi connectivity index (χ0) is 65.7. The maximum absolute atomic E-state index is 13.0. The summed E-state index contributed by atoms with van der Waals surface area (Å²) in [6.45, 7) is 0.514. The van der Waals surface area contributed by atoms with Gasteiger partial charge in [0.1, 0.15) is 48.3 Å². The van der Waals surface area contributed by atoms with E-state index in [4.69, 9.17) is 64.8 Å². The van der Waals surface area contributed by atoms with Gasteiger partial charge in [-0.25, -0.2) is 25.3 Å². The summed E-state index contributed by atoms with van der Waals surface area (Å²) >= 11 is 5.68. The SMILES string of the molecule is C.OCC(O)[C@H](O)[C@H](O)C(O)C(O)O.[2H]Nc1nc(Cl)nc(Nc2cccc(S(=O)(=O)CCOS(=O)(=O)[O-])c2)n1.[2H]Nc1nc(Nc2cccc(S(=O)(=O)CCOC(O)[C@H](O)C(C)(O)[C@@H](O)C(C)CO)c2)nc(OC(O)C(O)[C@H](O)[C@H](O)C(C)CO)n1.[Na+]. The molecule has 0 bridgehead atoms. The van der Waals surface area contributed by atoms with Crippen LogP contribution in [-0.4, -0.2) is 270 Å². The molecule has 4 rings (SSSR count). The first-order valence-electron chi connectivity index (χ1n) is 24.9. The van der Waals surface area contributed by atoms with Crippen LogP contribution in [0.3, 0.4) is 0 Å². The van der Waals surface area contributed by atoms with Crippen molar-refractivity contribution in [3.05, 3.63) is 53.8 Å². The largest absolute Gasteiger partial charge is 1.00 e. The van der Waals surface area contributed by atoms with Crippen LogP contribution in [0, 0.1) is 11.8 Å². The van der Waals surface area contributed by atoms with E-state index < -0.39 is 178 Å². The molecular weight excluding hydrogens is 1260 g/mol. The number of anilines is 6. The summed E-state index contributed by atoms with van der Waals surface area (Å²) in [6.07, 6.45) is -23.3. The van der Waals surface area contributed by atoms with Crippen molar-refractivity contribution in [2.24, 2.45) is 11.8 Å². The van der Waals surface area contributed by atoms with Gasteiger partial charge in [-0.1, -0.05) is 33.4 Å². The number of halogens is 1. The molecule has 486 valence electrons. The Labute approximate surface area is 522 Å². The Bertz CT molecular complexity index is 3070. The number of hydrogen-bond acceptors (Lipinski definition) is 37. The van der Waals surface area contributed by atoms with Gasteiger partial charge < -0.3 is 123 Å². The monoisotopic (exact) mass is 1330 g/mol. The van der Waals surface area contributed by atoms with Crippen molar-refractivity contribution < 1.29 is 163 Å². The molecule has 86 heavy (non-hydrogen) atoms. The van der Waals surface area contributed by atoms with Crippen molar-refractivity contribution in [1.29, 1.82) is 0 Å². The Morgan fingerprint density at radius 2 is 1.10 bits per heavy atom. The molecule has 4 aromatic rings. The third-order valence-electron chi connectivity index (χ3n) is 11.3. The number of aliphatic hydroxyl groups excluding tert-OH is 15. The van der Waals surface area contributed by atoms with Crippen molar-refractivity contribution in [2.75, 3.05) is 66.6 Å². The molecule has 0 aliphatic heterocycles. The predicted molar refractivity (Wildman–Crippen MR) is 291 cm³/mol. The van der Waals surface area contributed by atoms with Crippen molar-refractivity contribution in [2.45, 2.75) is 117 Å². The minimum atomic E-state index is -4.97. The molecule has 14 atom stereocenters. The number of ether oxygens (including phenoxy) is 2. The second-order valence-electron chi connectivity index (χ2n) is 18.0. The van der Waals surface area contributed by atoms with Crippen LogP contribution in [0.2, 0.25) is 8.11 Å². The Kier molecular flexibility index (Phi) is 33.6. The quantitative estimate of drug-likeness (QED) is 0.00911. The molecule has 23 N–H and O–H groups in total. The second-order valence-corrected chi connectivity index (χ2v) is 23.6. The van der Waals surface area contributed by atoms with E-state index in [1.807, 2.05) is 11.5 Å². The van der Waals surface area contributed by atoms with Crippen LogP contribution in [0.5, 0.6) is 6.01 Å². The number of nitrogens with zero attached hydrogens (tertiary/aromatic N) is 6. The maximum atomic E-state index is 13.0. The molecule has 0 aliphatic carbocycles. The summed E-state index contributed by atoms with van der Waals surface area (Å²) in [5.41, 5.74) is 1.90. The predicted octanol–water partition coefficient (Wildman–Crippen LogP) is -10.7. The summed E-state index contributed by atoms with van der Waals surface area (Å²) in [5, 5.41) is 166. The molecule has 2 aromatic carbocycles. The summed E-state index contributed by atoms with van der Waals surface area (Å²) < 4.78 is 110. The number of nitrogen functional groups attached to an aromatic ring is 2. The number of nitrogens with one attached hydrogen (secondary N) is 2. The second kappa shape index (κ2) is 37.1. The molecule has 42 heteroatoms. The Morgan fingerprint density at radius 3 is 1.57 bits per heavy atom. The molecule has 0 spiro atoms. The zero-order valence-electron chi connectivity index (χ0n) is 47.1. The Hall–Kier alpha value is -4.20. The average Bonchev–Trinajstić information content (AvgIpc) is 3.63. The summed E-state index contributed by atoms with van der Waals surface area (Å²) in [4.78, 5) is 22.3. The van der Waals surface area contributed by atoms with Crippen LogP contribution in [0.4, 0.5) is 35.2 Å². The van der Waals surface area contributed by atoms with Gasteiger partial charge in [0.2, 0.25) is 45.8 Å². The Balaban J connectivity index is 0.00000154. The van der Waals surface area contributed by atoms with Gasteiger partial charge in [-0.3, -0.25) is 4.18 Å². The maximum Gasteiger partial charge on any atom is 1.00 e. The molecule has 8 unspecified atom stereocenters. The number of aliphatic hydroxyl groups is 17. The third-order valence-corrected chi connectivity index (χ3v) is 15.3. The number of benzene rings is 2. The van der Waals surface area contributed by atoms with Crippen LogP contribution in [0.15, 0.2) is 58.3 Å². The van der Waals surface area contributed by atoms with E-state index in [0.717, 1.165) is 6.92 Å². The van der Waals surface area contributed by atoms with Gasteiger partial charge in [-0.2, -0.15) is 29.9 Å². The average molecular weight is 1330 g/mol. The fraction of sp³-hybridized carbons (Fsp3) is 0.591. The molecule has 0 saturated heterocycles. The van der Waals surface area contributed by atoms with Crippen LogP contribution >= 0.6 is 11.6 Å². The normalized spacial score (nSPS) is 17.4. The molecule has 0 saturated carbocycles. The topological polar surface area (TPSA) is 651 Å².